The lowest BCUT2D eigenvalue weighted by atomic mass is 9.89. The Balaban J connectivity index is 1.96. The molecule has 6 nitrogen and oxygen atoms in total. The number of rotatable bonds is 4. The smallest absolute Gasteiger partial charge is 0.273 e. The fraction of sp³-hybridized carbons (Fsp3) is 0.429. The molecule has 1 saturated carbocycles. The van der Waals surface area contributed by atoms with Crippen molar-refractivity contribution < 1.29 is 9.72 Å². The van der Waals surface area contributed by atoms with Crippen molar-refractivity contribution in [2.45, 2.75) is 32.1 Å². The van der Waals surface area contributed by atoms with Crippen LogP contribution in [0.25, 0.3) is 0 Å². The molecule has 0 radical (unpaired) electrons. The Morgan fingerprint density at radius 2 is 2.00 bits per heavy atom. The molecule has 0 unspecified atom stereocenters. The maximum atomic E-state index is 11.8. The molecule has 20 heavy (non-hydrogen) atoms. The van der Waals surface area contributed by atoms with E-state index in [-0.39, 0.29) is 17.5 Å². The Kier molecular flexibility index (Phi) is 4.81. The van der Waals surface area contributed by atoms with E-state index >= 15 is 0 Å². The summed E-state index contributed by atoms with van der Waals surface area (Å²) in [4.78, 5) is 22.2. The Hall–Kier alpha value is -2.24. The van der Waals surface area contributed by atoms with Gasteiger partial charge in [-0.05, 0) is 18.9 Å². The maximum Gasteiger partial charge on any atom is 0.278 e. The van der Waals surface area contributed by atoms with E-state index in [0.717, 1.165) is 25.7 Å². The fourth-order valence-corrected chi connectivity index (χ4v) is 2.38. The number of nitrogens with one attached hydrogen (secondary N) is 1. The van der Waals surface area contributed by atoms with E-state index in [2.05, 4.69) is 10.5 Å². The van der Waals surface area contributed by atoms with Crippen molar-refractivity contribution in [2.75, 3.05) is 0 Å². The number of hydrazone groups is 1. The summed E-state index contributed by atoms with van der Waals surface area (Å²) in [6, 6.07) is 6.28. The zero-order chi connectivity index (χ0) is 14.4. The second kappa shape index (κ2) is 6.79. The average molecular weight is 275 g/mol. The quantitative estimate of drug-likeness (QED) is 0.520. The normalized spacial score (nSPS) is 16.2. The molecule has 1 aliphatic carbocycles. The summed E-state index contributed by atoms with van der Waals surface area (Å²) in [5.74, 6) is -0.0776. The van der Waals surface area contributed by atoms with Gasteiger partial charge in [0.25, 0.3) is 5.69 Å². The maximum absolute atomic E-state index is 11.8. The molecule has 1 aromatic rings. The molecule has 1 fully saturated rings. The van der Waals surface area contributed by atoms with Crippen LogP contribution in [0.5, 0.6) is 0 Å². The Bertz CT molecular complexity index is 522. The van der Waals surface area contributed by atoms with Crippen molar-refractivity contribution in [1.82, 2.24) is 5.43 Å². The first-order valence-electron chi connectivity index (χ1n) is 6.75. The Labute approximate surface area is 117 Å². The van der Waals surface area contributed by atoms with Crippen LogP contribution in [0.2, 0.25) is 0 Å². The van der Waals surface area contributed by atoms with Gasteiger partial charge < -0.3 is 0 Å². The lowest BCUT2D eigenvalue weighted by Gasteiger charge is -2.19. The molecule has 0 saturated heterocycles. The van der Waals surface area contributed by atoms with Crippen LogP contribution >= 0.6 is 0 Å². The van der Waals surface area contributed by atoms with Crippen LogP contribution in [0, 0.1) is 16.0 Å². The molecular weight excluding hydrogens is 258 g/mol. The van der Waals surface area contributed by atoms with Gasteiger partial charge in [-0.2, -0.15) is 5.10 Å². The topological polar surface area (TPSA) is 84.6 Å². The summed E-state index contributed by atoms with van der Waals surface area (Å²) < 4.78 is 0. The third-order valence-electron chi connectivity index (χ3n) is 3.49. The van der Waals surface area contributed by atoms with E-state index < -0.39 is 4.92 Å². The number of para-hydroxylation sites is 1. The number of hydrogen-bond donors (Lipinski definition) is 1. The third kappa shape index (κ3) is 3.63. The average Bonchev–Trinajstić information content (AvgIpc) is 2.48. The second-order valence-corrected chi connectivity index (χ2v) is 4.89. The molecule has 106 valence electrons. The molecule has 1 aromatic carbocycles. The molecule has 0 atom stereocenters. The first-order valence-corrected chi connectivity index (χ1v) is 6.75. The van der Waals surface area contributed by atoms with Crippen LogP contribution in [0.4, 0.5) is 5.69 Å². The number of nitro benzene ring substituents is 1. The minimum Gasteiger partial charge on any atom is -0.273 e. The number of nitrogens with zero attached hydrogens (tertiary/aromatic N) is 2. The summed E-state index contributed by atoms with van der Waals surface area (Å²) in [7, 11) is 0. The molecule has 2 rings (SSSR count). The van der Waals surface area contributed by atoms with Gasteiger partial charge in [-0.15, -0.1) is 0 Å². The lowest BCUT2D eigenvalue weighted by Crippen LogP contribution is -2.28. The highest BCUT2D eigenvalue weighted by atomic mass is 16.6. The zero-order valence-corrected chi connectivity index (χ0v) is 11.1. The van der Waals surface area contributed by atoms with E-state index in [4.69, 9.17) is 0 Å². The van der Waals surface area contributed by atoms with Gasteiger partial charge in [0, 0.05) is 12.0 Å². The van der Waals surface area contributed by atoms with Crippen LogP contribution < -0.4 is 5.43 Å². The number of amides is 1. The largest absolute Gasteiger partial charge is 0.278 e. The number of benzene rings is 1. The standard InChI is InChI=1S/C14H17N3O3/c18-14(11-6-2-1-3-7-11)16-15-10-12-8-4-5-9-13(12)17(19)20/h4-5,8-11H,1-3,6-7H2,(H,16,18). The summed E-state index contributed by atoms with van der Waals surface area (Å²) >= 11 is 0. The van der Waals surface area contributed by atoms with Crippen LogP contribution in [-0.4, -0.2) is 17.0 Å². The lowest BCUT2D eigenvalue weighted by molar-refractivity contribution is -0.385. The van der Waals surface area contributed by atoms with Crippen LogP contribution in [0.15, 0.2) is 29.4 Å². The summed E-state index contributed by atoms with van der Waals surface area (Å²) in [6.07, 6.45) is 6.44. The fourth-order valence-electron chi connectivity index (χ4n) is 2.38. The van der Waals surface area contributed by atoms with E-state index in [1.54, 1.807) is 18.2 Å². The summed E-state index contributed by atoms with van der Waals surface area (Å²) in [6.45, 7) is 0. The Morgan fingerprint density at radius 1 is 1.30 bits per heavy atom. The first-order chi connectivity index (χ1) is 9.68. The molecule has 0 aliphatic heterocycles. The molecule has 1 N–H and O–H groups in total. The minimum absolute atomic E-state index is 0.0201. The number of carbonyl (C=O) groups is 1. The molecule has 0 aromatic heterocycles. The van der Waals surface area contributed by atoms with E-state index in [1.165, 1.54) is 18.7 Å². The molecule has 1 aliphatic rings. The highest BCUT2D eigenvalue weighted by molar-refractivity contribution is 5.87. The SMILES string of the molecule is O=C(NN=Cc1ccccc1[N+](=O)[O-])C1CCCCC1. The van der Waals surface area contributed by atoms with E-state index in [0.29, 0.717) is 5.56 Å². The minimum atomic E-state index is -0.468. The van der Waals surface area contributed by atoms with Gasteiger partial charge in [0.2, 0.25) is 5.91 Å². The number of hydrogen-bond acceptors (Lipinski definition) is 4. The van der Waals surface area contributed by atoms with Crippen LogP contribution in [-0.2, 0) is 4.79 Å². The van der Waals surface area contributed by atoms with Gasteiger partial charge in [0.15, 0.2) is 0 Å². The van der Waals surface area contributed by atoms with Gasteiger partial charge in [0.1, 0.15) is 0 Å². The number of carbonyl (C=O) groups excluding carboxylic acids is 1. The molecule has 0 heterocycles. The predicted molar refractivity (Wildman–Crippen MR) is 75.4 cm³/mol. The highest BCUT2D eigenvalue weighted by Crippen LogP contribution is 2.23. The predicted octanol–water partition coefficient (Wildman–Crippen LogP) is 2.63. The Morgan fingerprint density at radius 3 is 2.70 bits per heavy atom. The molecule has 1 amide bonds. The van der Waals surface area contributed by atoms with Gasteiger partial charge >= 0.3 is 0 Å². The van der Waals surface area contributed by atoms with Crippen LogP contribution in [0.3, 0.4) is 0 Å². The van der Waals surface area contributed by atoms with Crippen molar-refractivity contribution >= 4 is 17.8 Å². The van der Waals surface area contributed by atoms with Crippen molar-refractivity contribution in [3.63, 3.8) is 0 Å². The van der Waals surface area contributed by atoms with Crippen molar-refractivity contribution in [2.24, 2.45) is 11.0 Å². The first kappa shape index (κ1) is 14.2. The van der Waals surface area contributed by atoms with Gasteiger partial charge in [-0.25, -0.2) is 5.43 Å². The van der Waals surface area contributed by atoms with Gasteiger partial charge in [-0.3, -0.25) is 14.9 Å². The molecule has 0 bridgehead atoms. The van der Waals surface area contributed by atoms with Crippen molar-refractivity contribution in [1.29, 1.82) is 0 Å². The summed E-state index contributed by atoms with van der Waals surface area (Å²) in [5, 5.41) is 14.7. The highest BCUT2D eigenvalue weighted by Gasteiger charge is 2.20. The third-order valence-corrected chi connectivity index (χ3v) is 3.49. The van der Waals surface area contributed by atoms with Crippen molar-refractivity contribution in [3.8, 4) is 0 Å². The van der Waals surface area contributed by atoms with Crippen LogP contribution in [0.1, 0.15) is 37.7 Å². The molecule has 6 heteroatoms. The summed E-state index contributed by atoms with van der Waals surface area (Å²) in [5.41, 5.74) is 2.83. The van der Waals surface area contributed by atoms with Gasteiger partial charge in [0.05, 0.1) is 16.7 Å². The number of nitro groups is 1. The van der Waals surface area contributed by atoms with Crippen molar-refractivity contribution in [3.05, 3.63) is 39.9 Å². The van der Waals surface area contributed by atoms with Gasteiger partial charge in [-0.1, -0.05) is 31.4 Å². The van der Waals surface area contributed by atoms with E-state index in [9.17, 15) is 14.9 Å². The molecule has 0 spiro atoms. The molecular formula is C14H17N3O3. The monoisotopic (exact) mass is 275 g/mol. The second-order valence-electron chi connectivity index (χ2n) is 4.89. The van der Waals surface area contributed by atoms with E-state index in [1.807, 2.05) is 0 Å². The zero-order valence-electron chi connectivity index (χ0n) is 11.1.